The monoisotopic (exact) mass is 372 g/mol. The molecule has 1 atom stereocenters. The van der Waals surface area contributed by atoms with Gasteiger partial charge in [0, 0.05) is 24.3 Å². The van der Waals surface area contributed by atoms with E-state index in [0.29, 0.717) is 23.5 Å². The van der Waals surface area contributed by atoms with Gasteiger partial charge in [-0.1, -0.05) is 30.3 Å². The molecule has 0 radical (unpaired) electrons. The highest BCUT2D eigenvalue weighted by molar-refractivity contribution is 7.99. The molecule has 136 valence electrons. The third-order valence-electron chi connectivity index (χ3n) is 4.46. The van der Waals surface area contributed by atoms with Crippen LogP contribution in [0.15, 0.2) is 42.5 Å². The van der Waals surface area contributed by atoms with Crippen LogP contribution in [0.1, 0.15) is 23.2 Å². The maximum absolute atomic E-state index is 12.2. The number of carboxylic acids is 1. The van der Waals surface area contributed by atoms with Crippen molar-refractivity contribution < 1.29 is 19.5 Å². The Bertz CT molecular complexity index is 846. The van der Waals surface area contributed by atoms with Crippen molar-refractivity contribution in [3.8, 4) is 0 Å². The van der Waals surface area contributed by atoms with Gasteiger partial charge in [0.15, 0.2) is 0 Å². The zero-order chi connectivity index (χ0) is 18.6. The first kappa shape index (κ1) is 18.3. The van der Waals surface area contributed by atoms with Crippen molar-refractivity contribution in [2.75, 3.05) is 18.1 Å². The predicted octanol–water partition coefficient (Wildman–Crippen LogP) is 2.04. The lowest BCUT2D eigenvalue weighted by atomic mass is 9.99. The Kier molecular flexibility index (Phi) is 5.46. The van der Waals surface area contributed by atoms with Crippen molar-refractivity contribution >= 4 is 40.3 Å². The summed E-state index contributed by atoms with van der Waals surface area (Å²) in [6.45, 7) is 0.153. The molecule has 0 spiro atoms. The molecule has 3 N–H and O–H groups in total. The van der Waals surface area contributed by atoms with Crippen LogP contribution in [0.3, 0.4) is 0 Å². The first-order valence-electron chi connectivity index (χ1n) is 8.39. The molecule has 6 nitrogen and oxygen atoms in total. The number of nitrogens with one attached hydrogen (secondary N) is 2. The normalized spacial score (nSPS) is 19.2. The average Bonchev–Trinajstić information content (AvgIpc) is 3.11. The molecular weight excluding hydrogens is 352 g/mol. The minimum absolute atomic E-state index is 0.0407. The average molecular weight is 372 g/mol. The standard InChI is InChI=1S/C19H20N2O4S/c22-16(21-19(18(24)25)8-10-26-12-19)7-9-20-17(23)15-6-5-13-3-1-2-4-14(13)11-15/h1-6,11H,7-10,12H2,(H,20,23)(H,21,22)(H,24,25). The highest BCUT2D eigenvalue weighted by atomic mass is 32.2. The number of carbonyl (C=O) groups excluding carboxylic acids is 2. The number of hydrogen-bond donors (Lipinski definition) is 3. The second-order valence-electron chi connectivity index (χ2n) is 6.31. The van der Waals surface area contributed by atoms with Gasteiger partial charge in [-0.25, -0.2) is 4.79 Å². The molecule has 2 amide bonds. The SMILES string of the molecule is O=C(CCNC(=O)c1ccc2ccccc2c1)NC1(C(=O)O)CCSC1. The van der Waals surface area contributed by atoms with Crippen molar-refractivity contribution in [1.29, 1.82) is 0 Å². The van der Waals surface area contributed by atoms with Gasteiger partial charge >= 0.3 is 5.97 Å². The van der Waals surface area contributed by atoms with Crippen molar-refractivity contribution in [3.05, 3.63) is 48.0 Å². The summed E-state index contributed by atoms with van der Waals surface area (Å²) in [5.74, 6) is -0.541. The molecule has 1 aliphatic heterocycles. The number of thioether (sulfide) groups is 1. The molecule has 3 rings (SSSR count). The van der Waals surface area contributed by atoms with E-state index in [2.05, 4.69) is 10.6 Å². The van der Waals surface area contributed by atoms with Crippen LogP contribution >= 0.6 is 11.8 Å². The Balaban J connectivity index is 1.52. The Morgan fingerprint density at radius 1 is 1.12 bits per heavy atom. The van der Waals surface area contributed by atoms with E-state index in [-0.39, 0.29) is 24.8 Å². The number of fused-ring (bicyclic) bond motifs is 1. The molecule has 1 heterocycles. The number of hydrogen-bond acceptors (Lipinski definition) is 4. The third kappa shape index (κ3) is 3.99. The van der Waals surface area contributed by atoms with E-state index in [1.54, 1.807) is 12.1 Å². The van der Waals surface area contributed by atoms with Crippen molar-refractivity contribution in [1.82, 2.24) is 10.6 Å². The minimum Gasteiger partial charge on any atom is -0.479 e. The number of aliphatic carboxylic acids is 1. The molecule has 1 fully saturated rings. The third-order valence-corrected chi connectivity index (χ3v) is 5.65. The molecule has 26 heavy (non-hydrogen) atoms. The van der Waals surface area contributed by atoms with Gasteiger partial charge in [-0.15, -0.1) is 0 Å². The fourth-order valence-electron chi connectivity index (χ4n) is 2.94. The number of benzene rings is 2. The van der Waals surface area contributed by atoms with Crippen LogP contribution in [-0.4, -0.2) is 46.5 Å². The Hall–Kier alpha value is -2.54. The number of rotatable bonds is 6. The summed E-state index contributed by atoms with van der Waals surface area (Å²) in [7, 11) is 0. The fraction of sp³-hybridized carbons (Fsp3) is 0.316. The maximum atomic E-state index is 12.2. The van der Waals surface area contributed by atoms with Crippen LogP contribution in [0.5, 0.6) is 0 Å². The molecule has 1 unspecified atom stereocenters. The van der Waals surface area contributed by atoms with Crippen LogP contribution in [0.25, 0.3) is 10.8 Å². The van der Waals surface area contributed by atoms with Crippen molar-refractivity contribution in [2.24, 2.45) is 0 Å². The number of carboxylic acid groups (broad SMARTS) is 1. The topological polar surface area (TPSA) is 95.5 Å². The van der Waals surface area contributed by atoms with Gasteiger partial charge in [0.2, 0.25) is 5.91 Å². The van der Waals surface area contributed by atoms with Gasteiger partial charge in [-0.3, -0.25) is 9.59 Å². The lowest BCUT2D eigenvalue weighted by Gasteiger charge is -2.24. The number of amides is 2. The lowest BCUT2D eigenvalue weighted by molar-refractivity contribution is -0.146. The maximum Gasteiger partial charge on any atom is 0.330 e. The minimum atomic E-state index is -1.18. The zero-order valence-corrected chi connectivity index (χ0v) is 15.0. The van der Waals surface area contributed by atoms with Crippen LogP contribution in [-0.2, 0) is 9.59 Å². The molecule has 0 aliphatic carbocycles. The lowest BCUT2D eigenvalue weighted by Crippen LogP contribution is -2.55. The summed E-state index contributed by atoms with van der Waals surface area (Å²) in [6.07, 6.45) is 0.460. The van der Waals surface area contributed by atoms with Gasteiger partial charge < -0.3 is 15.7 Å². The Labute approximate surface area is 155 Å². The predicted molar refractivity (Wildman–Crippen MR) is 101 cm³/mol. The summed E-state index contributed by atoms with van der Waals surface area (Å²) < 4.78 is 0. The zero-order valence-electron chi connectivity index (χ0n) is 14.2. The molecule has 2 aromatic carbocycles. The van der Waals surface area contributed by atoms with Gasteiger partial charge in [0.1, 0.15) is 5.54 Å². The summed E-state index contributed by atoms with van der Waals surface area (Å²) >= 11 is 1.51. The highest BCUT2D eigenvalue weighted by Crippen LogP contribution is 2.28. The summed E-state index contributed by atoms with van der Waals surface area (Å²) in [6, 6.07) is 13.2. The van der Waals surface area contributed by atoms with E-state index in [1.165, 1.54) is 11.8 Å². The van der Waals surface area contributed by atoms with E-state index < -0.39 is 11.5 Å². The van der Waals surface area contributed by atoms with Crippen molar-refractivity contribution in [2.45, 2.75) is 18.4 Å². The van der Waals surface area contributed by atoms with Gasteiger partial charge in [-0.05, 0) is 35.1 Å². The second-order valence-corrected chi connectivity index (χ2v) is 7.41. The molecule has 0 bridgehead atoms. The van der Waals surface area contributed by atoms with Crippen LogP contribution in [0.2, 0.25) is 0 Å². The number of carbonyl (C=O) groups is 3. The highest BCUT2D eigenvalue weighted by Gasteiger charge is 2.43. The summed E-state index contributed by atoms with van der Waals surface area (Å²) in [5.41, 5.74) is -0.650. The summed E-state index contributed by atoms with van der Waals surface area (Å²) in [5, 5.41) is 16.7. The summed E-state index contributed by atoms with van der Waals surface area (Å²) in [4.78, 5) is 35.7. The van der Waals surface area contributed by atoms with Crippen LogP contribution < -0.4 is 10.6 Å². The van der Waals surface area contributed by atoms with Crippen molar-refractivity contribution in [3.63, 3.8) is 0 Å². The molecule has 2 aromatic rings. The molecule has 1 aliphatic rings. The van der Waals surface area contributed by atoms with Gasteiger partial charge in [0.25, 0.3) is 5.91 Å². The molecule has 7 heteroatoms. The Morgan fingerprint density at radius 3 is 2.58 bits per heavy atom. The first-order valence-corrected chi connectivity index (χ1v) is 9.55. The second kappa shape index (κ2) is 7.78. The fourth-order valence-corrected chi connectivity index (χ4v) is 4.26. The van der Waals surface area contributed by atoms with E-state index in [9.17, 15) is 19.5 Å². The molecule has 1 saturated heterocycles. The van der Waals surface area contributed by atoms with Gasteiger partial charge in [0.05, 0.1) is 0 Å². The molecule has 0 aromatic heterocycles. The van der Waals surface area contributed by atoms with Crippen LogP contribution in [0.4, 0.5) is 0 Å². The Morgan fingerprint density at radius 2 is 1.88 bits per heavy atom. The smallest absolute Gasteiger partial charge is 0.330 e. The van der Waals surface area contributed by atoms with E-state index in [4.69, 9.17) is 0 Å². The molecular formula is C19H20N2O4S. The molecule has 0 saturated carbocycles. The largest absolute Gasteiger partial charge is 0.479 e. The van der Waals surface area contributed by atoms with Gasteiger partial charge in [-0.2, -0.15) is 11.8 Å². The van der Waals surface area contributed by atoms with Crippen LogP contribution in [0, 0.1) is 0 Å². The van der Waals surface area contributed by atoms with E-state index in [1.807, 2.05) is 30.3 Å². The first-order chi connectivity index (χ1) is 12.5. The quantitative estimate of drug-likeness (QED) is 0.721. The van der Waals surface area contributed by atoms with E-state index >= 15 is 0 Å². The van der Waals surface area contributed by atoms with E-state index in [0.717, 1.165) is 10.8 Å².